The molecule has 0 spiro atoms. The molecule has 0 radical (unpaired) electrons. The van der Waals surface area contributed by atoms with E-state index in [-0.39, 0.29) is 6.04 Å². The van der Waals surface area contributed by atoms with Crippen molar-refractivity contribution in [3.8, 4) is 0 Å². The van der Waals surface area contributed by atoms with Crippen LogP contribution in [0.1, 0.15) is 37.8 Å². The predicted octanol–water partition coefficient (Wildman–Crippen LogP) is 3.62. The Labute approximate surface area is 110 Å². The second-order valence-electron chi connectivity index (χ2n) is 4.46. The highest BCUT2D eigenvalue weighted by molar-refractivity contribution is 7.20. The number of hydrogen-bond acceptors (Lipinski definition) is 3. The van der Waals surface area contributed by atoms with Crippen LogP contribution in [0, 0.1) is 0 Å². The van der Waals surface area contributed by atoms with Crippen LogP contribution in [0.5, 0.6) is 0 Å². The van der Waals surface area contributed by atoms with Crippen molar-refractivity contribution < 1.29 is 5.11 Å². The maximum Gasteiger partial charge on any atom is 0.0991 e. The summed E-state index contributed by atoms with van der Waals surface area (Å²) in [6.45, 7) is 2.66. The summed E-state index contributed by atoms with van der Waals surface area (Å²) in [6, 6.07) is 2.01. The molecule has 1 aromatic heterocycles. The molecule has 90 valence electrons. The van der Waals surface area contributed by atoms with Crippen molar-refractivity contribution in [1.82, 2.24) is 5.32 Å². The third-order valence-electron chi connectivity index (χ3n) is 3.17. The molecule has 1 heterocycles. The maximum absolute atomic E-state index is 9.96. The van der Waals surface area contributed by atoms with Gasteiger partial charge in [0.1, 0.15) is 0 Å². The van der Waals surface area contributed by atoms with E-state index in [4.69, 9.17) is 23.2 Å². The highest BCUT2D eigenvalue weighted by Crippen LogP contribution is 2.36. The van der Waals surface area contributed by atoms with E-state index in [0.717, 1.165) is 29.2 Å². The molecule has 2 rings (SSSR count). The van der Waals surface area contributed by atoms with E-state index in [0.29, 0.717) is 10.9 Å². The Bertz CT molecular complexity index is 376. The quantitative estimate of drug-likeness (QED) is 0.882. The Morgan fingerprint density at radius 2 is 2.25 bits per heavy atom. The minimum absolute atomic E-state index is 0.126. The van der Waals surface area contributed by atoms with Crippen LogP contribution in [0.2, 0.25) is 8.67 Å². The van der Waals surface area contributed by atoms with Gasteiger partial charge in [0.2, 0.25) is 0 Å². The molecular weight excluding hydrogens is 265 g/mol. The number of aliphatic hydroxyl groups is 1. The summed E-state index contributed by atoms with van der Waals surface area (Å²) < 4.78 is 1.43. The highest BCUT2D eigenvalue weighted by atomic mass is 35.5. The number of hydrogen-bond donors (Lipinski definition) is 2. The SMILES string of the molecule is CC(NCC1(O)CCC1)c1cc(Cl)sc1Cl. The first-order valence-corrected chi connectivity index (χ1v) is 6.98. The van der Waals surface area contributed by atoms with E-state index >= 15 is 0 Å². The lowest BCUT2D eigenvalue weighted by Gasteiger charge is -2.37. The van der Waals surface area contributed by atoms with Gasteiger partial charge in [0.05, 0.1) is 14.3 Å². The van der Waals surface area contributed by atoms with E-state index in [2.05, 4.69) is 5.32 Å². The van der Waals surface area contributed by atoms with Gasteiger partial charge in [-0.3, -0.25) is 0 Å². The van der Waals surface area contributed by atoms with Gasteiger partial charge in [-0.15, -0.1) is 11.3 Å². The molecular formula is C11H15Cl2NOS. The van der Waals surface area contributed by atoms with Crippen molar-refractivity contribution >= 4 is 34.5 Å². The molecule has 2 N–H and O–H groups in total. The van der Waals surface area contributed by atoms with Gasteiger partial charge >= 0.3 is 0 Å². The number of thiophene rings is 1. The molecule has 1 atom stereocenters. The summed E-state index contributed by atoms with van der Waals surface area (Å²) in [5, 5.41) is 13.3. The molecule has 0 bridgehead atoms. The van der Waals surface area contributed by atoms with Crippen molar-refractivity contribution in [3.05, 3.63) is 20.3 Å². The van der Waals surface area contributed by atoms with Gasteiger partial charge in [0.25, 0.3) is 0 Å². The topological polar surface area (TPSA) is 32.3 Å². The van der Waals surface area contributed by atoms with Gasteiger partial charge < -0.3 is 10.4 Å². The average Bonchev–Trinajstić information content (AvgIpc) is 2.51. The van der Waals surface area contributed by atoms with Crippen molar-refractivity contribution in [2.24, 2.45) is 0 Å². The Kier molecular flexibility index (Phi) is 3.82. The van der Waals surface area contributed by atoms with Crippen molar-refractivity contribution in [2.45, 2.75) is 37.8 Å². The molecule has 5 heteroatoms. The first kappa shape index (κ1) is 12.7. The average molecular weight is 280 g/mol. The predicted molar refractivity (Wildman–Crippen MR) is 69.6 cm³/mol. The first-order chi connectivity index (χ1) is 7.50. The monoisotopic (exact) mass is 279 g/mol. The minimum Gasteiger partial charge on any atom is -0.389 e. The molecule has 1 aliphatic carbocycles. The molecule has 16 heavy (non-hydrogen) atoms. The van der Waals surface area contributed by atoms with Crippen LogP contribution in [-0.2, 0) is 0 Å². The number of rotatable bonds is 4. The zero-order chi connectivity index (χ0) is 11.8. The third kappa shape index (κ3) is 2.71. The summed E-state index contributed by atoms with van der Waals surface area (Å²) in [4.78, 5) is 0. The smallest absolute Gasteiger partial charge is 0.0991 e. The Morgan fingerprint density at radius 3 is 2.69 bits per heavy atom. The van der Waals surface area contributed by atoms with E-state index < -0.39 is 5.60 Å². The van der Waals surface area contributed by atoms with E-state index in [1.807, 2.05) is 13.0 Å². The van der Waals surface area contributed by atoms with Crippen molar-refractivity contribution in [1.29, 1.82) is 0 Å². The molecule has 1 saturated carbocycles. The number of nitrogens with one attached hydrogen (secondary N) is 1. The zero-order valence-corrected chi connectivity index (χ0v) is 11.4. The van der Waals surface area contributed by atoms with Gasteiger partial charge in [0, 0.05) is 12.6 Å². The van der Waals surface area contributed by atoms with Crippen LogP contribution in [0.4, 0.5) is 0 Å². The Hall–Kier alpha value is 0.200. The molecule has 1 aliphatic rings. The summed E-state index contributed by atoms with van der Waals surface area (Å²) in [5.74, 6) is 0. The summed E-state index contributed by atoms with van der Waals surface area (Å²) in [6.07, 6.45) is 2.91. The highest BCUT2D eigenvalue weighted by Gasteiger charge is 2.34. The Balaban J connectivity index is 1.92. The normalized spacial score (nSPS) is 20.5. The standard InChI is InChI=1S/C11H15Cl2NOS/c1-7(8-5-9(12)16-10(8)13)14-6-11(15)3-2-4-11/h5,7,14-15H,2-4,6H2,1H3. The van der Waals surface area contributed by atoms with Crippen molar-refractivity contribution in [3.63, 3.8) is 0 Å². The molecule has 1 unspecified atom stereocenters. The molecule has 0 saturated heterocycles. The van der Waals surface area contributed by atoms with Crippen LogP contribution >= 0.6 is 34.5 Å². The zero-order valence-electron chi connectivity index (χ0n) is 9.09. The van der Waals surface area contributed by atoms with Crippen LogP contribution in [0.3, 0.4) is 0 Å². The Morgan fingerprint density at radius 1 is 1.56 bits per heavy atom. The molecule has 0 aromatic carbocycles. The van der Waals surface area contributed by atoms with E-state index in [1.165, 1.54) is 11.3 Å². The van der Waals surface area contributed by atoms with Gasteiger partial charge in [-0.2, -0.15) is 0 Å². The van der Waals surface area contributed by atoms with E-state index in [1.54, 1.807) is 0 Å². The second-order valence-corrected chi connectivity index (χ2v) is 6.75. The molecule has 2 nitrogen and oxygen atoms in total. The fraction of sp³-hybridized carbons (Fsp3) is 0.636. The number of halogens is 2. The largest absolute Gasteiger partial charge is 0.389 e. The van der Waals surface area contributed by atoms with Crippen molar-refractivity contribution in [2.75, 3.05) is 6.54 Å². The van der Waals surface area contributed by atoms with Gasteiger partial charge in [-0.25, -0.2) is 0 Å². The van der Waals surface area contributed by atoms with Gasteiger partial charge in [-0.05, 0) is 37.8 Å². The minimum atomic E-state index is -0.499. The first-order valence-electron chi connectivity index (χ1n) is 5.41. The molecule has 0 aliphatic heterocycles. The lowest BCUT2D eigenvalue weighted by molar-refractivity contribution is -0.0329. The molecule has 1 aromatic rings. The second kappa shape index (κ2) is 4.83. The van der Waals surface area contributed by atoms with E-state index in [9.17, 15) is 5.11 Å². The van der Waals surface area contributed by atoms with Crippen LogP contribution in [0.25, 0.3) is 0 Å². The molecule has 0 amide bonds. The lowest BCUT2D eigenvalue weighted by Crippen LogP contribution is -2.46. The summed E-state index contributed by atoms with van der Waals surface area (Å²) >= 11 is 13.3. The maximum atomic E-state index is 9.96. The van der Waals surface area contributed by atoms with Crippen LogP contribution in [0.15, 0.2) is 6.07 Å². The lowest BCUT2D eigenvalue weighted by atomic mass is 9.80. The third-order valence-corrected chi connectivity index (χ3v) is 4.69. The summed E-state index contributed by atoms with van der Waals surface area (Å²) in [5.41, 5.74) is 0.514. The molecule has 1 fully saturated rings. The van der Waals surface area contributed by atoms with Gasteiger partial charge in [-0.1, -0.05) is 23.2 Å². The van der Waals surface area contributed by atoms with Crippen LogP contribution in [-0.4, -0.2) is 17.3 Å². The fourth-order valence-electron chi connectivity index (χ4n) is 1.86. The van der Waals surface area contributed by atoms with Gasteiger partial charge in [0.15, 0.2) is 0 Å². The van der Waals surface area contributed by atoms with Crippen LogP contribution < -0.4 is 5.32 Å². The summed E-state index contributed by atoms with van der Waals surface area (Å²) in [7, 11) is 0. The fourth-order valence-corrected chi connectivity index (χ4v) is 3.51.